The highest BCUT2D eigenvalue weighted by molar-refractivity contribution is 5.76. The van der Waals surface area contributed by atoms with Crippen LogP contribution in [0.4, 0.5) is 5.69 Å². The Bertz CT molecular complexity index is 534. The molecular formula is C17H24N2O3. The number of likely N-dealkylation sites (tertiary alicyclic amines) is 1. The smallest absolute Gasteiger partial charge is 0.323 e. The SMILES string of the molecule is COC(=O)[C@@H]1C[C@H](O)CN1CCN1CCCc2ccccc21. The van der Waals surface area contributed by atoms with Crippen LogP contribution in [0.5, 0.6) is 0 Å². The van der Waals surface area contributed by atoms with Crippen molar-refractivity contribution in [1.82, 2.24) is 4.90 Å². The predicted octanol–water partition coefficient (Wildman–Crippen LogP) is 1.05. The van der Waals surface area contributed by atoms with E-state index < -0.39 is 6.10 Å². The Balaban J connectivity index is 1.64. The summed E-state index contributed by atoms with van der Waals surface area (Å²) in [6, 6.07) is 8.23. The second-order valence-corrected chi connectivity index (χ2v) is 6.14. The van der Waals surface area contributed by atoms with Crippen LogP contribution in [-0.4, -0.2) is 61.4 Å². The highest BCUT2D eigenvalue weighted by atomic mass is 16.5. The molecule has 0 spiro atoms. The summed E-state index contributed by atoms with van der Waals surface area (Å²) >= 11 is 0. The normalized spacial score (nSPS) is 25.1. The van der Waals surface area contributed by atoms with Gasteiger partial charge >= 0.3 is 5.97 Å². The second kappa shape index (κ2) is 6.67. The Morgan fingerprint density at radius 2 is 2.18 bits per heavy atom. The molecule has 0 radical (unpaired) electrons. The maximum Gasteiger partial charge on any atom is 0.323 e. The number of para-hydroxylation sites is 1. The first kappa shape index (κ1) is 15.3. The van der Waals surface area contributed by atoms with Crippen molar-refractivity contribution in [2.75, 3.05) is 38.2 Å². The van der Waals surface area contributed by atoms with Crippen molar-refractivity contribution in [3.63, 3.8) is 0 Å². The van der Waals surface area contributed by atoms with Gasteiger partial charge in [0.1, 0.15) is 6.04 Å². The maximum atomic E-state index is 11.8. The fourth-order valence-electron chi connectivity index (χ4n) is 3.60. The summed E-state index contributed by atoms with van der Waals surface area (Å²) in [7, 11) is 1.41. The minimum atomic E-state index is -0.433. The van der Waals surface area contributed by atoms with Gasteiger partial charge in [-0.2, -0.15) is 0 Å². The van der Waals surface area contributed by atoms with E-state index in [2.05, 4.69) is 29.2 Å². The summed E-state index contributed by atoms with van der Waals surface area (Å²) in [5.41, 5.74) is 2.71. The van der Waals surface area contributed by atoms with Crippen LogP contribution < -0.4 is 4.90 Å². The highest BCUT2D eigenvalue weighted by Crippen LogP contribution is 2.27. The van der Waals surface area contributed by atoms with Gasteiger partial charge in [-0.3, -0.25) is 9.69 Å². The first-order chi connectivity index (χ1) is 10.7. The molecular weight excluding hydrogens is 280 g/mol. The number of aliphatic hydroxyl groups is 1. The number of aliphatic hydroxyl groups excluding tert-OH is 1. The van der Waals surface area contributed by atoms with Gasteiger partial charge in [0, 0.05) is 38.3 Å². The number of benzene rings is 1. The number of hydrogen-bond donors (Lipinski definition) is 1. The lowest BCUT2D eigenvalue weighted by Crippen LogP contribution is -2.43. The molecule has 2 atom stereocenters. The van der Waals surface area contributed by atoms with E-state index in [1.165, 1.54) is 24.8 Å². The lowest BCUT2D eigenvalue weighted by atomic mass is 10.0. The largest absolute Gasteiger partial charge is 0.468 e. The summed E-state index contributed by atoms with van der Waals surface area (Å²) in [6.45, 7) is 3.24. The average Bonchev–Trinajstić information content (AvgIpc) is 2.93. The van der Waals surface area contributed by atoms with E-state index >= 15 is 0 Å². The van der Waals surface area contributed by atoms with E-state index in [4.69, 9.17) is 4.74 Å². The van der Waals surface area contributed by atoms with Crippen LogP contribution in [0.3, 0.4) is 0 Å². The molecule has 0 bridgehead atoms. The number of carbonyl (C=O) groups excluding carboxylic acids is 1. The van der Waals surface area contributed by atoms with Crippen molar-refractivity contribution in [1.29, 1.82) is 0 Å². The second-order valence-electron chi connectivity index (χ2n) is 6.14. The quantitative estimate of drug-likeness (QED) is 0.843. The van der Waals surface area contributed by atoms with Crippen molar-refractivity contribution >= 4 is 11.7 Å². The zero-order valence-corrected chi connectivity index (χ0v) is 13.1. The van der Waals surface area contributed by atoms with E-state index in [0.29, 0.717) is 13.0 Å². The molecule has 120 valence electrons. The van der Waals surface area contributed by atoms with Gasteiger partial charge in [-0.25, -0.2) is 0 Å². The van der Waals surface area contributed by atoms with Crippen LogP contribution in [0.15, 0.2) is 24.3 Å². The van der Waals surface area contributed by atoms with Crippen molar-refractivity contribution in [3.8, 4) is 0 Å². The van der Waals surface area contributed by atoms with Gasteiger partial charge in [-0.1, -0.05) is 18.2 Å². The number of ether oxygens (including phenoxy) is 1. The standard InChI is InChI=1S/C17H24N2O3/c1-22-17(21)16-11-14(20)12-19(16)10-9-18-8-4-6-13-5-2-3-7-15(13)18/h2-3,5,7,14,16,20H,4,6,8-12H2,1H3/t14-,16-/m0/s1. The summed E-state index contributed by atoms with van der Waals surface area (Å²) in [5.74, 6) is -0.240. The third-order valence-corrected chi connectivity index (χ3v) is 4.72. The molecule has 2 aliphatic rings. The topological polar surface area (TPSA) is 53.0 Å². The zero-order chi connectivity index (χ0) is 15.5. The summed E-state index contributed by atoms with van der Waals surface area (Å²) in [6.07, 6.45) is 2.35. The van der Waals surface area contributed by atoms with Gasteiger partial charge in [0.15, 0.2) is 0 Å². The molecule has 5 nitrogen and oxygen atoms in total. The van der Waals surface area contributed by atoms with Crippen molar-refractivity contribution in [2.45, 2.75) is 31.4 Å². The van der Waals surface area contributed by atoms with Crippen LogP contribution in [0.2, 0.25) is 0 Å². The van der Waals surface area contributed by atoms with E-state index in [1.807, 2.05) is 4.90 Å². The molecule has 0 unspecified atom stereocenters. The molecule has 0 saturated carbocycles. The van der Waals surface area contributed by atoms with Gasteiger partial charge in [0.05, 0.1) is 13.2 Å². The van der Waals surface area contributed by atoms with Crippen molar-refractivity contribution in [2.24, 2.45) is 0 Å². The highest BCUT2D eigenvalue weighted by Gasteiger charge is 2.36. The van der Waals surface area contributed by atoms with Gasteiger partial charge < -0.3 is 14.7 Å². The predicted molar refractivity (Wildman–Crippen MR) is 85.0 cm³/mol. The summed E-state index contributed by atoms with van der Waals surface area (Å²) in [4.78, 5) is 16.3. The van der Waals surface area contributed by atoms with Crippen LogP contribution in [0.1, 0.15) is 18.4 Å². The number of methoxy groups -OCH3 is 1. The van der Waals surface area contributed by atoms with E-state index in [-0.39, 0.29) is 12.0 Å². The Kier molecular flexibility index (Phi) is 4.64. The molecule has 22 heavy (non-hydrogen) atoms. The fourth-order valence-corrected chi connectivity index (χ4v) is 3.60. The van der Waals surface area contributed by atoms with E-state index in [0.717, 1.165) is 26.1 Å². The number of nitrogens with zero attached hydrogens (tertiary/aromatic N) is 2. The average molecular weight is 304 g/mol. The minimum absolute atomic E-state index is 0.240. The van der Waals surface area contributed by atoms with Crippen LogP contribution in [-0.2, 0) is 16.0 Å². The van der Waals surface area contributed by atoms with E-state index in [1.54, 1.807) is 0 Å². The summed E-state index contributed by atoms with van der Waals surface area (Å²) < 4.78 is 4.86. The van der Waals surface area contributed by atoms with Crippen LogP contribution in [0.25, 0.3) is 0 Å². The molecule has 1 aromatic carbocycles. The number of rotatable bonds is 4. The summed E-state index contributed by atoms with van der Waals surface area (Å²) in [5, 5.41) is 9.85. The third kappa shape index (κ3) is 3.10. The van der Waals surface area contributed by atoms with E-state index in [9.17, 15) is 9.90 Å². The molecule has 1 aromatic rings. The molecule has 1 saturated heterocycles. The Morgan fingerprint density at radius 1 is 1.36 bits per heavy atom. The zero-order valence-electron chi connectivity index (χ0n) is 13.1. The number of anilines is 1. The lowest BCUT2D eigenvalue weighted by molar-refractivity contribution is -0.145. The number of carbonyl (C=O) groups is 1. The fraction of sp³-hybridized carbons (Fsp3) is 0.588. The van der Waals surface area contributed by atoms with Gasteiger partial charge in [0.25, 0.3) is 0 Å². The van der Waals surface area contributed by atoms with Gasteiger partial charge in [0.2, 0.25) is 0 Å². The maximum absolute atomic E-state index is 11.8. The molecule has 0 aliphatic carbocycles. The van der Waals surface area contributed by atoms with Crippen molar-refractivity contribution < 1.29 is 14.6 Å². The Hall–Kier alpha value is -1.59. The minimum Gasteiger partial charge on any atom is -0.468 e. The molecule has 1 N–H and O–H groups in total. The first-order valence-electron chi connectivity index (χ1n) is 8.02. The number of hydrogen-bond acceptors (Lipinski definition) is 5. The molecule has 0 amide bonds. The van der Waals surface area contributed by atoms with Crippen LogP contribution in [0, 0.1) is 0 Å². The molecule has 1 fully saturated rings. The number of β-amino-alcohol motifs (C(OH)–C–C–N with tert-alkyl or cyclic N) is 1. The number of aryl methyl sites for hydroxylation is 1. The monoisotopic (exact) mass is 304 g/mol. The van der Waals surface area contributed by atoms with Crippen LogP contribution >= 0.6 is 0 Å². The molecule has 2 aliphatic heterocycles. The van der Waals surface area contributed by atoms with Gasteiger partial charge in [-0.15, -0.1) is 0 Å². The molecule has 2 heterocycles. The van der Waals surface area contributed by atoms with Gasteiger partial charge in [-0.05, 0) is 24.5 Å². The number of esters is 1. The molecule has 0 aromatic heterocycles. The third-order valence-electron chi connectivity index (χ3n) is 4.72. The first-order valence-corrected chi connectivity index (χ1v) is 8.02. The lowest BCUT2D eigenvalue weighted by Gasteiger charge is -2.33. The molecule has 3 rings (SSSR count). The number of fused-ring (bicyclic) bond motifs is 1. The Labute approximate surface area is 131 Å². The Morgan fingerprint density at radius 3 is 3.00 bits per heavy atom. The van der Waals surface area contributed by atoms with Crippen molar-refractivity contribution in [3.05, 3.63) is 29.8 Å². The molecule has 5 heteroatoms.